The van der Waals surface area contributed by atoms with Crippen LogP contribution in [0.15, 0.2) is 72.9 Å². The van der Waals surface area contributed by atoms with E-state index < -0.39 is 18.1 Å². The van der Waals surface area contributed by atoms with E-state index >= 15 is 0 Å². The van der Waals surface area contributed by atoms with Crippen molar-refractivity contribution < 1.29 is 19.4 Å². The molecule has 1 amide bonds. The molecule has 34 heavy (non-hydrogen) atoms. The average Bonchev–Trinajstić information content (AvgIpc) is 3.32. The van der Waals surface area contributed by atoms with Crippen LogP contribution in [0, 0.1) is 11.3 Å². The highest BCUT2D eigenvalue weighted by atomic mass is 32.1. The van der Waals surface area contributed by atoms with Crippen LogP contribution in [-0.4, -0.2) is 34.7 Å². The monoisotopic (exact) mass is 472 g/mol. The highest BCUT2D eigenvalue weighted by molar-refractivity contribution is 7.22. The van der Waals surface area contributed by atoms with Crippen molar-refractivity contribution in [2.24, 2.45) is 0 Å². The first kappa shape index (κ1) is 22.8. The molecule has 3 N–H and O–H groups in total. The molecule has 0 aliphatic rings. The summed E-state index contributed by atoms with van der Waals surface area (Å²) in [4.78, 5) is 29.1. The Labute approximate surface area is 199 Å². The summed E-state index contributed by atoms with van der Waals surface area (Å²) in [6.45, 7) is -0.0955. The number of aromatic nitrogens is 1. The zero-order valence-corrected chi connectivity index (χ0v) is 18.7. The maximum atomic E-state index is 12.1. The lowest BCUT2D eigenvalue weighted by molar-refractivity contribution is -0.139. The molecule has 2 heterocycles. The second-order valence-corrected chi connectivity index (χ2v) is 8.38. The number of carbonyl (C=O) groups excluding carboxylic acids is 1. The van der Waals surface area contributed by atoms with Crippen molar-refractivity contribution in [3.63, 3.8) is 0 Å². The molecule has 0 saturated heterocycles. The molecule has 0 saturated carbocycles. The van der Waals surface area contributed by atoms with E-state index in [0.29, 0.717) is 16.8 Å². The number of carbonyl (C=O) groups is 2. The summed E-state index contributed by atoms with van der Waals surface area (Å²) >= 11 is 1.46. The van der Waals surface area contributed by atoms with E-state index in [-0.39, 0.29) is 13.2 Å². The van der Waals surface area contributed by atoms with Gasteiger partial charge in [-0.3, -0.25) is 0 Å². The van der Waals surface area contributed by atoms with E-state index in [1.165, 1.54) is 17.5 Å². The van der Waals surface area contributed by atoms with Crippen LogP contribution in [0.4, 0.5) is 10.6 Å². The number of fused-ring (bicyclic) bond motifs is 1. The van der Waals surface area contributed by atoms with Gasteiger partial charge >= 0.3 is 12.1 Å². The highest BCUT2D eigenvalue weighted by Gasteiger charge is 2.22. The fraction of sp³-hybridized carbons (Fsp3) is 0.120. The van der Waals surface area contributed by atoms with Gasteiger partial charge in [-0.05, 0) is 17.2 Å². The summed E-state index contributed by atoms with van der Waals surface area (Å²) in [6, 6.07) is 21.7. The number of nitrogens with one attached hydrogen (secondary N) is 2. The van der Waals surface area contributed by atoms with Gasteiger partial charge in [0.15, 0.2) is 0 Å². The number of hydrogen-bond donors (Lipinski definition) is 3. The Morgan fingerprint density at radius 3 is 2.50 bits per heavy atom. The van der Waals surface area contributed by atoms with Crippen molar-refractivity contribution in [1.82, 2.24) is 10.3 Å². The lowest BCUT2D eigenvalue weighted by Gasteiger charge is -2.16. The molecule has 8 nitrogen and oxygen atoms in total. The van der Waals surface area contributed by atoms with Gasteiger partial charge in [-0.15, -0.1) is 11.3 Å². The second-order valence-electron chi connectivity index (χ2n) is 7.33. The van der Waals surface area contributed by atoms with Crippen LogP contribution >= 0.6 is 11.3 Å². The van der Waals surface area contributed by atoms with Crippen LogP contribution in [-0.2, 0) is 16.1 Å². The van der Waals surface area contributed by atoms with Gasteiger partial charge in [0, 0.05) is 23.0 Å². The lowest BCUT2D eigenvalue weighted by atomic mass is 10.1. The van der Waals surface area contributed by atoms with Crippen LogP contribution in [0.1, 0.15) is 11.1 Å². The minimum Gasteiger partial charge on any atom is -0.480 e. The van der Waals surface area contributed by atoms with Gasteiger partial charge in [-0.2, -0.15) is 5.26 Å². The quantitative estimate of drug-likeness (QED) is 0.342. The Morgan fingerprint density at radius 1 is 1.12 bits per heavy atom. The summed E-state index contributed by atoms with van der Waals surface area (Å²) < 4.78 is 5.87. The number of benzene rings is 2. The standard InChI is InChI=1S/C25H20N4O4S/c26-12-18-13-27-23(19-11-21(34-22(18)19)17-9-5-2-6-10-17)28-14-20(24(30)31)29-25(32)33-15-16-7-3-1-4-8-16/h1-11,13,20H,14-15H2,(H,27,28)(H,29,32)(H,30,31)/t20-/m1/s1. The van der Waals surface area contributed by atoms with E-state index in [1.807, 2.05) is 54.6 Å². The Bertz CT molecular complexity index is 1350. The number of rotatable bonds is 8. The van der Waals surface area contributed by atoms with Gasteiger partial charge in [0.2, 0.25) is 0 Å². The number of aliphatic carboxylic acids is 1. The Kier molecular flexibility index (Phi) is 7.01. The van der Waals surface area contributed by atoms with Crippen molar-refractivity contribution >= 4 is 39.3 Å². The molecule has 0 bridgehead atoms. The summed E-state index contributed by atoms with van der Waals surface area (Å²) in [7, 11) is 0. The summed E-state index contributed by atoms with van der Waals surface area (Å²) in [5.41, 5.74) is 2.23. The number of anilines is 1. The topological polar surface area (TPSA) is 124 Å². The van der Waals surface area contributed by atoms with Gasteiger partial charge in [0.05, 0.1) is 10.3 Å². The maximum Gasteiger partial charge on any atom is 0.408 e. The molecule has 0 aliphatic carbocycles. The first-order chi connectivity index (χ1) is 16.5. The Balaban J connectivity index is 1.48. The number of carboxylic acids is 1. The molecule has 0 unspecified atom stereocenters. The van der Waals surface area contributed by atoms with E-state index in [2.05, 4.69) is 21.7 Å². The fourth-order valence-electron chi connectivity index (χ4n) is 3.30. The molecule has 4 aromatic rings. The Morgan fingerprint density at radius 2 is 1.82 bits per heavy atom. The number of nitrogens with zero attached hydrogens (tertiary/aromatic N) is 2. The van der Waals surface area contributed by atoms with Gasteiger partial charge < -0.3 is 20.5 Å². The molecular weight excluding hydrogens is 452 g/mol. The van der Waals surface area contributed by atoms with Gasteiger partial charge in [0.25, 0.3) is 0 Å². The van der Waals surface area contributed by atoms with Crippen LogP contribution in [0.3, 0.4) is 0 Å². The minimum atomic E-state index is -1.25. The van der Waals surface area contributed by atoms with E-state index in [0.717, 1.165) is 20.7 Å². The molecule has 2 aromatic carbocycles. The van der Waals surface area contributed by atoms with Crippen molar-refractivity contribution in [3.05, 3.63) is 84.1 Å². The molecule has 4 rings (SSSR count). The number of ether oxygens (including phenoxy) is 1. The van der Waals surface area contributed by atoms with Gasteiger partial charge in [-0.25, -0.2) is 14.6 Å². The predicted octanol–water partition coefficient (Wildman–Crippen LogP) is 4.63. The van der Waals surface area contributed by atoms with E-state index in [9.17, 15) is 20.0 Å². The van der Waals surface area contributed by atoms with Crippen molar-refractivity contribution in [2.45, 2.75) is 12.6 Å². The highest BCUT2D eigenvalue weighted by Crippen LogP contribution is 2.37. The largest absolute Gasteiger partial charge is 0.480 e. The summed E-state index contributed by atoms with van der Waals surface area (Å²) in [6.07, 6.45) is 0.616. The summed E-state index contributed by atoms with van der Waals surface area (Å²) in [5.74, 6) is -0.789. The molecule has 2 aromatic heterocycles. The van der Waals surface area contributed by atoms with Crippen LogP contribution in [0.5, 0.6) is 0 Å². The number of alkyl carbamates (subject to hydrolysis) is 1. The van der Waals surface area contributed by atoms with Crippen molar-refractivity contribution in [1.29, 1.82) is 5.26 Å². The molecule has 9 heteroatoms. The van der Waals surface area contributed by atoms with Gasteiger partial charge in [-0.1, -0.05) is 60.7 Å². The second kappa shape index (κ2) is 10.5. The van der Waals surface area contributed by atoms with Crippen molar-refractivity contribution in [2.75, 3.05) is 11.9 Å². The molecular formula is C25H20N4O4S. The average molecular weight is 473 g/mol. The Hall–Kier alpha value is -4.42. The van der Waals surface area contributed by atoms with Crippen LogP contribution < -0.4 is 10.6 Å². The third kappa shape index (κ3) is 5.31. The molecule has 0 aliphatic heterocycles. The summed E-state index contributed by atoms with van der Waals surface area (Å²) in [5, 5.41) is 25.1. The zero-order valence-electron chi connectivity index (χ0n) is 17.9. The minimum absolute atomic E-state index is 0.0292. The van der Waals surface area contributed by atoms with E-state index in [1.54, 1.807) is 12.1 Å². The lowest BCUT2D eigenvalue weighted by Crippen LogP contribution is -2.45. The van der Waals surface area contributed by atoms with Crippen LogP contribution in [0.25, 0.3) is 20.5 Å². The SMILES string of the molecule is N#Cc1cnc(NC[C@@H](NC(=O)OCc2ccccc2)C(=O)O)c2cc(-c3ccccc3)sc12. The third-order valence-corrected chi connectivity index (χ3v) is 6.23. The molecule has 0 fully saturated rings. The maximum absolute atomic E-state index is 12.1. The van der Waals surface area contributed by atoms with Crippen LogP contribution in [0.2, 0.25) is 0 Å². The first-order valence-corrected chi connectivity index (χ1v) is 11.2. The smallest absolute Gasteiger partial charge is 0.408 e. The number of thiophene rings is 1. The van der Waals surface area contributed by atoms with E-state index in [4.69, 9.17) is 4.74 Å². The van der Waals surface area contributed by atoms with Gasteiger partial charge in [0.1, 0.15) is 24.5 Å². The first-order valence-electron chi connectivity index (χ1n) is 10.4. The molecule has 0 radical (unpaired) electrons. The third-order valence-electron chi connectivity index (χ3n) is 5.01. The predicted molar refractivity (Wildman–Crippen MR) is 129 cm³/mol. The number of amides is 1. The van der Waals surface area contributed by atoms with Crippen molar-refractivity contribution in [3.8, 4) is 16.5 Å². The number of carboxylic acid groups (broad SMARTS) is 1. The zero-order chi connectivity index (χ0) is 23.9. The molecule has 1 atom stereocenters. The number of nitriles is 1. The molecule has 0 spiro atoms. The molecule has 170 valence electrons. The number of pyridine rings is 1. The number of hydrogen-bond acceptors (Lipinski definition) is 7. The fourth-order valence-corrected chi connectivity index (χ4v) is 4.42. The normalized spacial score (nSPS) is 11.4.